The number of aliphatic hydroxyl groups excluding tert-OH is 1. The van der Waals surface area contributed by atoms with Crippen LogP contribution in [0, 0.1) is 6.92 Å². The van der Waals surface area contributed by atoms with E-state index < -0.39 is 0 Å². The molecule has 2 fully saturated rings. The van der Waals surface area contributed by atoms with E-state index in [4.69, 9.17) is 0 Å². The summed E-state index contributed by atoms with van der Waals surface area (Å²) in [6, 6.07) is 2.29. The van der Waals surface area contributed by atoms with Crippen molar-refractivity contribution in [2.45, 2.75) is 44.6 Å². The van der Waals surface area contributed by atoms with Gasteiger partial charge in [0, 0.05) is 24.2 Å². The number of aliphatic hydroxyl groups is 1. The van der Waals surface area contributed by atoms with Gasteiger partial charge in [0.15, 0.2) is 0 Å². The third kappa shape index (κ3) is 2.14. The van der Waals surface area contributed by atoms with E-state index in [2.05, 4.69) is 14.9 Å². The third-order valence-corrected chi connectivity index (χ3v) is 3.68. The van der Waals surface area contributed by atoms with E-state index in [-0.39, 0.29) is 12.6 Å². The molecule has 1 N–H and O–H groups in total. The SMILES string of the molecule is Cc1cc(N2CCC[C@@H]2CO)nc(C2CC2)n1. The molecule has 1 saturated carbocycles. The molecule has 2 heterocycles. The molecule has 0 amide bonds. The third-order valence-electron chi connectivity index (χ3n) is 3.68. The zero-order valence-electron chi connectivity index (χ0n) is 10.3. The van der Waals surface area contributed by atoms with Crippen molar-refractivity contribution in [3.05, 3.63) is 17.6 Å². The topological polar surface area (TPSA) is 49.2 Å². The van der Waals surface area contributed by atoms with Crippen molar-refractivity contribution in [2.24, 2.45) is 0 Å². The molecule has 0 unspecified atom stereocenters. The fraction of sp³-hybridized carbons (Fsp3) is 0.692. The smallest absolute Gasteiger partial charge is 0.134 e. The van der Waals surface area contributed by atoms with E-state index in [0.717, 1.165) is 36.7 Å². The Balaban J connectivity index is 1.90. The Bertz CT molecular complexity index is 417. The Morgan fingerprint density at radius 1 is 1.35 bits per heavy atom. The van der Waals surface area contributed by atoms with Gasteiger partial charge >= 0.3 is 0 Å². The van der Waals surface area contributed by atoms with Crippen molar-refractivity contribution in [2.75, 3.05) is 18.1 Å². The second-order valence-electron chi connectivity index (χ2n) is 5.17. The van der Waals surface area contributed by atoms with E-state index in [1.54, 1.807) is 0 Å². The quantitative estimate of drug-likeness (QED) is 0.862. The summed E-state index contributed by atoms with van der Waals surface area (Å²) in [4.78, 5) is 11.4. The lowest BCUT2D eigenvalue weighted by Gasteiger charge is -2.24. The van der Waals surface area contributed by atoms with Gasteiger partial charge in [-0.25, -0.2) is 9.97 Å². The predicted molar refractivity (Wildman–Crippen MR) is 66.2 cm³/mol. The zero-order chi connectivity index (χ0) is 11.8. The largest absolute Gasteiger partial charge is 0.394 e. The monoisotopic (exact) mass is 233 g/mol. The molecule has 4 heteroatoms. The van der Waals surface area contributed by atoms with E-state index in [9.17, 15) is 5.11 Å². The van der Waals surface area contributed by atoms with Gasteiger partial charge in [-0.15, -0.1) is 0 Å². The molecular weight excluding hydrogens is 214 g/mol. The van der Waals surface area contributed by atoms with Gasteiger partial charge in [-0.2, -0.15) is 0 Å². The van der Waals surface area contributed by atoms with Crippen LogP contribution >= 0.6 is 0 Å². The Labute approximate surface area is 102 Å². The normalized spacial score (nSPS) is 24.4. The van der Waals surface area contributed by atoms with Gasteiger partial charge in [0.25, 0.3) is 0 Å². The number of hydrogen-bond acceptors (Lipinski definition) is 4. The molecule has 0 spiro atoms. The van der Waals surface area contributed by atoms with Crippen LogP contribution in [0.4, 0.5) is 5.82 Å². The first-order valence-electron chi connectivity index (χ1n) is 6.51. The summed E-state index contributed by atoms with van der Waals surface area (Å²) in [6.07, 6.45) is 4.67. The summed E-state index contributed by atoms with van der Waals surface area (Å²) in [5.74, 6) is 2.60. The van der Waals surface area contributed by atoms with Crippen LogP contribution in [0.25, 0.3) is 0 Å². The second kappa shape index (κ2) is 4.26. The van der Waals surface area contributed by atoms with Crippen molar-refractivity contribution in [3.63, 3.8) is 0 Å². The molecule has 4 nitrogen and oxygen atoms in total. The highest BCUT2D eigenvalue weighted by Crippen LogP contribution is 2.39. The average molecular weight is 233 g/mol. The molecule has 1 aliphatic heterocycles. The molecule has 1 atom stereocenters. The van der Waals surface area contributed by atoms with Crippen molar-refractivity contribution < 1.29 is 5.11 Å². The fourth-order valence-electron chi connectivity index (χ4n) is 2.57. The molecule has 17 heavy (non-hydrogen) atoms. The van der Waals surface area contributed by atoms with E-state index in [1.807, 2.05) is 13.0 Å². The number of aryl methyl sites for hydroxylation is 1. The summed E-state index contributed by atoms with van der Waals surface area (Å²) >= 11 is 0. The number of nitrogens with zero attached hydrogens (tertiary/aromatic N) is 3. The molecule has 3 rings (SSSR count). The van der Waals surface area contributed by atoms with Crippen LogP contribution in [0.5, 0.6) is 0 Å². The lowest BCUT2D eigenvalue weighted by atomic mass is 10.2. The van der Waals surface area contributed by atoms with Crippen molar-refractivity contribution in [3.8, 4) is 0 Å². The Hall–Kier alpha value is -1.16. The van der Waals surface area contributed by atoms with Crippen LogP contribution in [0.15, 0.2) is 6.07 Å². The molecule has 1 aliphatic carbocycles. The molecule has 2 aliphatic rings. The van der Waals surface area contributed by atoms with Crippen molar-refractivity contribution in [1.29, 1.82) is 0 Å². The van der Waals surface area contributed by atoms with Crippen LogP contribution in [-0.4, -0.2) is 34.3 Å². The van der Waals surface area contributed by atoms with Crippen LogP contribution in [0.3, 0.4) is 0 Å². The fourth-order valence-corrected chi connectivity index (χ4v) is 2.57. The van der Waals surface area contributed by atoms with Gasteiger partial charge in [-0.1, -0.05) is 0 Å². The average Bonchev–Trinajstić information content (AvgIpc) is 3.06. The van der Waals surface area contributed by atoms with Gasteiger partial charge in [0.05, 0.1) is 12.6 Å². The Morgan fingerprint density at radius 3 is 2.88 bits per heavy atom. The zero-order valence-corrected chi connectivity index (χ0v) is 10.3. The number of hydrogen-bond donors (Lipinski definition) is 1. The van der Waals surface area contributed by atoms with Crippen LogP contribution < -0.4 is 4.90 Å². The summed E-state index contributed by atoms with van der Waals surface area (Å²) in [7, 11) is 0. The van der Waals surface area contributed by atoms with Crippen molar-refractivity contribution >= 4 is 5.82 Å². The lowest BCUT2D eigenvalue weighted by Crippen LogP contribution is -2.33. The number of aromatic nitrogens is 2. The summed E-state index contributed by atoms with van der Waals surface area (Å²) in [6.45, 7) is 3.26. The van der Waals surface area contributed by atoms with Gasteiger partial charge in [0.1, 0.15) is 11.6 Å². The van der Waals surface area contributed by atoms with E-state index >= 15 is 0 Å². The maximum Gasteiger partial charge on any atom is 0.134 e. The predicted octanol–water partition coefficient (Wildman–Crippen LogP) is 1.62. The second-order valence-corrected chi connectivity index (χ2v) is 5.17. The molecule has 1 saturated heterocycles. The lowest BCUT2D eigenvalue weighted by molar-refractivity contribution is 0.266. The minimum absolute atomic E-state index is 0.224. The van der Waals surface area contributed by atoms with Gasteiger partial charge in [-0.3, -0.25) is 0 Å². The molecule has 0 radical (unpaired) electrons. The molecule has 1 aromatic heterocycles. The first-order chi connectivity index (χ1) is 8.28. The molecule has 0 bridgehead atoms. The Morgan fingerprint density at radius 2 is 2.18 bits per heavy atom. The minimum Gasteiger partial charge on any atom is -0.394 e. The van der Waals surface area contributed by atoms with Gasteiger partial charge in [-0.05, 0) is 32.6 Å². The summed E-state index contributed by atoms with van der Waals surface area (Å²) < 4.78 is 0. The minimum atomic E-state index is 0.224. The highest BCUT2D eigenvalue weighted by Gasteiger charge is 2.29. The van der Waals surface area contributed by atoms with Gasteiger partial charge < -0.3 is 10.0 Å². The number of rotatable bonds is 3. The molecular formula is C13H19N3O. The van der Waals surface area contributed by atoms with Crippen LogP contribution in [0.1, 0.15) is 43.1 Å². The highest BCUT2D eigenvalue weighted by atomic mass is 16.3. The van der Waals surface area contributed by atoms with Crippen LogP contribution in [-0.2, 0) is 0 Å². The highest BCUT2D eigenvalue weighted by molar-refractivity contribution is 5.43. The first kappa shape index (κ1) is 11.0. The van der Waals surface area contributed by atoms with Crippen LogP contribution in [0.2, 0.25) is 0 Å². The molecule has 0 aromatic carbocycles. The van der Waals surface area contributed by atoms with Crippen molar-refractivity contribution in [1.82, 2.24) is 9.97 Å². The molecule has 1 aromatic rings. The van der Waals surface area contributed by atoms with E-state index in [0.29, 0.717) is 5.92 Å². The Kier molecular flexibility index (Phi) is 2.74. The summed E-state index contributed by atoms with van der Waals surface area (Å²) in [5.41, 5.74) is 1.04. The summed E-state index contributed by atoms with van der Waals surface area (Å²) in [5, 5.41) is 9.37. The standard InChI is InChI=1S/C13H19N3O/c1-9-7-12(15-13(14-9)10-4-5-10)16-6-2-3-11(16)8-17/h7,10-11,17H,2-6,8H2,1H3/t11-/m1/s1. The maximum atomic E-state index is 9.37. The maximum absolute atomic E-state index is 9.37. The van der Waals surface area contributed by atoms with E-state index in [1.165, 1.54) is 12.8 Å². The first-order valence-corrected chi connectivity index (χ1v) is 6.51. The number of anilines is 1. The molecule has 92 valence electrons. The van der Waals surface area contributed by atoms with Gasteiger partial charge in [0.2, 0.25) is 0 Å².